The van der Waals surface area contributed by atoms with Gasteiger partial charge in [0.15, 0.2) is 0 Å². The van der Waals surface area contributed by atoms with Crippen LogP contribution in [0.4, 0.5) is 13.2 Å². The minimum absolute atomic E-state index is 0.235. The summed E-state index contributed by atoms with van der Waals surface area (Å²) in [5.41, 5.74) is 0.658. The molecule has 0 spiro atoms. The lowest BCUT2D eigenvalue weighted by atomic mass is 10.2. The van der Waals surface area contributed by atoms with Crippen LogP contribution in [-0.2, 0) is 10.0 Å². The van der Waals surface area contributed by atoms with E-state index in [1.807, 2.05) is 0 Å². The molecule has 2 N–H and O–H groups in total. The van der Waals surface area contributed by atoms with Gasteiger partial charge in [-0.2, -0.15) is 13.2 Å². The zero-order valence-electron chi connectivity index (χ0n) is 9.26. The first-order valence-corrected chi connectivity index (χ1v) is 6.89. The summed E-state index contributed by atoms with van der Waals surface area (Å²) in [5.74, 6) is 0. The highest BCUT2D eigenvalue weighted by Gasteiger charge is 2.38. The standard InChI is InChI=1S/C9H9F3N2O3S2/c1-2-7-3-5-8(6-4-7)19(16,17)13-18-14(15)9(10,11)12/h2-6,13,15H,1H2. The van der Waals surface area contributed by atoms with Gasteiger partial charge in [-0.1, -0.05) is 24.8 Å². The van der Waals surface area contributed by atoms with Crippen molar-refractivity contribution in [3.05, 3.63) is 36.4 Å². The molecule has 1 aromatic rings. The molecule has 1 aromatic carbocycles. The number of hydrogen-bond acceptors (Lipinski definition) is 5. The number of nitrogens with one attached hydrogen (secondary N) is 1. The van der Waals surface area contributed by atoms with Crippen molar-refractivity contribution < 1.29 is 26.8 Å². The zero-order valence-corrected chi connectivity index (χ0v) is 10.9. The molecule has 5 nitrogen and oxygen atoms in total. The summed E-state index contributed by atoms with van der Waals surface area (Å²) >= 11 is -0.499. The topological polar surface area (TPSA) is 69.6 Å². The second-order valence-corrected chi connectivity index (χ2v) is 5.87. The normalized spacial score (nSPS) is 12.7. The van der Waals surface area contributed by atoms with E-state index in [0.717, 1.165) is 0 Å². The maximum atomic E-state index is 11.9. The Labute approximate surface area is 112 Å². The van der Waals surface area contributed by atoms with Crippen molar-refractivity contribution in [2.45, 2.75) is 11.2 Å². The SMILES string of the molecule is C=Cc1ccc(S(=O)(=O)NSN(O)C(F)(F)F)cc1. The smallest absolute Gasteiger partial charge is 0.295 e. The molecule has 10 heteroatoms. The highest BCUT2D eigenvalue weighted by Crippen LogP contribution is 2.25. The molecule has 0 aliphatic rings. The van der Waals surface area contributed by atoms with E-state index in [4.69, 9.17) is 5.21 Å². The molecule has 0 aliphatic heterocycles. The molecular formula is C9H9F3N2O3S2. The van der Waals surface area contributed by atoms with Crippen molar-refractivity contribution >= 4 is 28.2 Å². The van der Waals surface area contributed by atoms with E-state index in [1.54, 1.807) is 0 Å². The van der Waals surface area contributed by atoms with Gasteiger partial charge in [0.2, 0.25) is 0 Å². The average Bonchev–Trinajstić information content (AvgIpc) is 2.35. The number of hydroxylamine groups is 1. The van der Waals surface area contributed by atoms with Crippen LogP contribution in [0.25, 0.3) is 6.08 Å². The van der Waals surface area contributed by atoms with Gasteiger partial charge in [0, 0.05) is 0 Å². The minimum Gasteiger partial charge on any atom is -0.295 e. The molecule has 0 aliphatic carbocycles. The van der Waals surface area contributed by atoms with Gasteiger partial charge in [-0.25, -0.2) is 8.42 Å². The predicted octanol–water partition coefficient (Wildman–Crippen LogP) is 2.38. The van der Waals surface area contributed by atoms with Gasteiger partial charge in [0.25, 0.3) is 10.0 Å². The Morgan fingerprint density at radius 2 is 1.84 bits per heavy atom. The van der Waals surface area contributed by atoms with E-state index in [-0.39, 0.29) is 4.90 Å². The van der Waals surface area contributed by atoms with Crippen LogP contribution in [0.15, 0.2) is 35.7 Å². The van der Waals surface area contributed by atoms with Gasteiger partial charge in [-0.3, -0.25) is 5.21 Å². The number of nitrogens with zero attached hydrogens (tertiary/aromatic N) is 1. The maximum Gasteiger partial charge on any atom is 0.494 e. The first kappa shape index (κ1) is 16.0. The minimum atomic E-state index is -5.07. The summed E-state index contributed by atoms with van der Waals surface area (Å²) in [4.78, 5) is -0.235. The molecule has 0 saturated heterocycles. The van der Waals surface area contributed by atoms with Crippen LogP contribution in [0.5, 0.6) is 0 Å². The first-order chi connectivity index (χ1) is 8.66. The first-order valence-electron chi connectivity index (χ1n) is 4.64. The molecule has 0 amide bonds. The van der Waals surface area contributed by atoms with Crippen LogP contribution < -0.4 is 4.13 Å². The summed E-state index contributed by atoms with van der Waals surface area (Å²) in [7, 11) is -4.16. The monoisotopic (exact) mass is 314 g/mol. The van der Waals surface area contributed by atoms with Crippen LogP contribution in [0.1, 0.15) is 5.56 Å². The van der Waals surface area contributed by atoms with Gasteiger partial charge in [0.05, 0.1) is 17.0 Å². The largest absolute Gasteiger partial charge is 0.494 e. The van der Waals surface area contributed by atoms with Crippen molar-refractivity contribution in [2.75, 3.05) is 0 Å². The third-order valence-corrected chi connectivity index (χ3v) is 4.32. The van der Waals surface area contributed by atoms with Gasteiger partial charge in [-0.05, 0) is 22.2 Å². The van der Waals surface area contributed by atoms with Gasteiger partial charge in [-0.15, -0.1) is 4.13 Å². The number of halogens is 3. The summed E-state index contributed by atoms with van der Waals surface area (Å²) in [6.45, 7) is 3.48. The zero-order chi connectivity index (χ0) is 14.7. The summed E-state index contributed by atoms with van der Waals surface area (Å²) < 4.78 is 59.4. The van der Waals surface area contributed by atoms with Crippen LogP contribution in [0, 0.1) is 0 Å². The molecule has 0 fully saturated rings. The highest BCUT2D eigenvalue weighted by atomic mass is 32.3. The molecular weight excluding hydrogens is 305 g/mol. The van der Waals surface area contributed by atoms with E-state index < -0.39 is 32.9 Å². The van der Waals surface area contributed by atoms with Gasteiger partial charge >= 0.3 is 6.30 Å². The fourth-order valence-electron chi connectivity index (χ4n) is 0.967. The number of alkyl halides is 3. The number of hydrogen-bond donors (Lipinski definition) is 2. The Kier molecular flexibility index (Phi) is 4.98. The van der Waals surface area contributed by atoms with Crippen LogP contribution in [0.3, 0.4) is 0 Å². The quantitative estimate of drug-likeness (QED) is 0.496. The van der Waals surface area contributed by atoms with Crippen molar-refractivity contribution in [3.8, 4) is 0 Å². The van der Waals surface area contributed by atoms with Gasteiger partial charge in [0.1, 0.15) is 0 Å². The second kappa shape index (κ2) is 5.92. The van der Waals surface area contributed by atoms with E-state index in [2.05, 4.69) is 6.58 Å². The Bertz CT molecular complexity index is 543. The van der Waals surface area contributed by atoms with Crippen molar-refractivity contribution in [3.63, 3.8) is 0 Å². The van der Waals surface area contributed by atoms with Crippen LogP contribution >= 0.6 is 12.1 Å². The fourth-order valence-corrected chi connectivity index (χ4v) is 2.62. The lowest BCUT2D eigenvalue weighted by molar-refractivity contribution is -0.298. The van der Waals surface area contributed by atoms with Crippen LogP contribution in [0.2, 0.25) is 0 Å². The summed E-state index contributed by atoms with van der Waals surface area (Å²) in [5, 5.41) is 8.51. The second-order valence-electron chi connectivity index (χ2n) is 3.19. The van der Waals surface area contributed by atoms with Crippen molar-refractivity contribution in [1.29, 1.82) is 0 Å². The van der Waals surface area contributed by atoms with E-state index in [9.17, 15) is 21.6 Å². The molecule has 0 aromatic heterocycles. The molecule has 0 unspecified atom stereocenters. The molecule has 106 valence electrons. The summed E-state index contributed by atoms with van der Waals surface area (Å²) in [6.07, 6.45) is -3.59. The third-order valence-electron chi connectivity index (χ3n) is 1.88. The Hall–Kier alpha value is -1.07. The molecule has 0 heterocycles. The van der Waals surface area contributed by atoms with E-state index >= 15 is 0 Å². The Morgan fingerprint density at radius 3 is 2.26 bits per heavy atom. The third kappa shape index (κ3) is 4.51. The molecule has 0 saturated carbocycles. The fraction of sp³-hybridized carbons (Fsp3) is 0.111. The van der Waals surface area contributed by atoms with Crippen LogP contribution in [-0.4, -0.2) is 24.4 Å². The van der Waals surface area contributed by atoms with Gasteiger partial charge < -0.3 is 0 Å². The lowest BCUT2D eigenvalue weighted by Crippen LogP contribution is -2.33. The maximum absolute atomic E-state index is 11.9. The van der Waals surface area contributed by atoms with Crippen molar-refractivity contribution in [2.24, 2.45) is 0 Å². The number of rotatable bonds is 5. The molecule has 1 rings (SSSR count). The molecule has 19 heavy (non-hydrogen) atoms. The molecule has 0 radical (unpaired) electrons. The molecule has 0 atom stereocenters. The lowest BCUT2D eigenvalue weighted by Gasteiger charge is -2.16. The Balaban J connectivity index is 2.78. The highest BCUT2D eigenvalue weighted by molar-refractivity contribution is 8.07. The predicted molar refractivity (Wildman–Crippen MR) is 64.1 cm³/mol. The van der Waals surface area contributed by atoms with E-state index in [0.29, 0.717) is 5.56 Å². The number of benzene rings is 1. The molecule has 0 bridgehead atoms. The Morgan fingerprint density at radius 1 is 1.32 bits per heavy atom. The van der Waals surface area contributed by atoms with E-state index in [1.165, 1.54) is 34.5 Å². The average molecular weight is 314 g/mol. The van der Waals surface area contributed by atoms with Crippen molar-refractivity contribution in [1.82, 2.24) is 8.60 Å². The summed E-state index contributed by atoms with van der Waals surface area (Å²) in [6, 6.07) is 5.28. The number of sulfonamides is 1.